The zero-order chi connectivity index (χ0) is 14.5. The summed E-state index contributed by atoms with van der Waals surface area (Å²) in [5.74, 6) is -2.20. The largest absolute Gasteiger partial charge is 0.326 e. The number of hydrogen-bond acceptors (Lipinski definition) is 2. The Bertz CT molecular complexity index is 629. The predicted octanol–water partition coefficient (Wildman–Crippen LogP) is 2.60. The molecule has 2 aromatic carbocycles. The molecular formula is C15H14F2N2O. The first kappa shape index (κ1) is 14.1. The summed E-state index contributed by atoms with van der Waals surface area (Å²) in [6, 6.07) is 10.6. The molecule has 0 aromatic heterocycles. The van der Waals surface area contributed by atoms with Gasteiger partial charge in [-0.1, -0.05) is 24.3 Å². The van der Waals surface area contributed by atoms with E-state index in [2.05, 4.69) is 5.32 Å². The summed E-state index contributed by atoms with van der Waals surface area (Å²) in [7, 11) is 0. The van der Waals surface area contributed by atoms with Gasteiger partial charge < -0.3 is 11.1 Å². The molecule has 1 amide bonds. The Morgan fingerprint density at radius 1 is 1.10 bits per heavy atom. The van der Waals surface area contributed by atoms with Gasteiger partial charge in [-0.15, -0.1) is 0 Å². The Balaban J connectivity index is 2.07. The summed E-state index contributed by atoms with van der Waals surface area (Å²) < 4.78 is 25.8. The minimum atomic E-state index is -0.961. The fraction of sp³-hybridized carbons (Fsp3) is 0.133. The molecule has 104 valence electrons. The van der Waals surface area contributed by atoms with E-state index < -0.39 is 11.6 Å². The minimum absolute atomic E-state index is 0.0316. The average molecular weight is 276 g/mol. The van der Waals surface area contributed by atoms with Crippen molar-refractivity contribution >= 4 is 11.6 Å². The van der Waals surface area contributed by atoms with E-state index in [1.54, 1.807) is 12.1 Å². The Kier molecular flexibility index (Phi) is 4.42. The third-order valence-corrected chi connectivity index (χ3v) is 2.86. The molecule has 3 nitrogen and oxygen atoms in total. The maximum Gasteiger partial charge on any atom is 0.228 e. The number of nitrogens with one attached hydrogen (secondary N) is 1. The van der Waals surface area contributed by atoms with Crippen LogP contribution < -0.4 is 11.1 Å². The Morgan fingerprint density at radius 2 is 1.85 bits per heavy atom. The molecule has 0 aliphatic carbocycles. The number of para-hydroxylation sites is 1. The molecule has 2 rings (SSSR count). The molecule has 0 aliphatic rings. The first-order valence-electron chi connectivity index (χ1n) is 6.12. The van der Waals surface area contributed by atoms with E-state index in [9.17, 15) is 13.6 Å². The molecule has 0 spiro atoms. The lowest BCUT2D eigenvalue weighted by atomic mass is 10.1. The Labute approximate surface area is 115 Å². The van der Waals surface area contributed by atoms with E-state index in [0.29, 0.717) is 17.8 Å². The summed E-state index contributed by atoms with van der Waals surface area (Å²) in [4.78, 5) is 11.9. The highest BCUT2D eigenvalue weighted by atomic mass is 19.2. The van der Waals surface area contributed by atoms with Gasteiger partial charge in [0.1, 0.15) is 0 Å². The molecule has 0 atom stereocenters. The molecule has 0 saturated heterocycles. The summed E-state index contributed by atoms with van der Waals surface area (Å²) in [6.07, 6.45) is -0.0316. The fourth-order valence-corrected chi connectivity index (χ4v) is 1.85. The van der Waals surface area contributed by atoms with E-state index in [0.717, 1.165) is 17.7 Å². The van der Waals surface area contributed by atoms with Crippen LogP contribution in [0.3, 0.4) is 0 Å². The molecule has 0 heterocycles. The molecule has 0 radical (unpaired) electrons. The van der Waals surface area contributed by atoms with Gasteiger partial charge in [-0.25, -0.2) is 8.78 Å². The first-order valence-corrected chi connectivity index (χ1v) is 6.12. The lowest BCUT2D eigenvalue weighted by Crippen LogP contribution is -2.16. The Hall–Kier alpha value is -2.27. The standard InChI is InChI=1S/C15H14F2N2O/c16-12-6-5-10(7-13(12)17)8-15(20)19-14-4-2-1-3-11(14)9-18/h1-7H,8-9,18H2,(H,19,20). The van der Waals surface area contributed by atoms with Crippen molar-refractivity contribution in [1.82, 2.24) is 0 Å². The fourth-order valence-electron chi connectivity index (χ4n) is 1.85. The number of anilines is 1. The van der Waals surface area contributed by atoms with Crippen LogP contribution in [0.15, 0.2) is 42.5 Å². The van der Waals surface area contributed by atoms with Crippen molar-refractivity contribution in [3.8, 4) is 0 Å². The van der Waals surface area contributed by atoms with Gasteiger partial charge in [-0.05, 0) is 29.3 Å². The van der Waals surface area contributed by atoms with Gasteiger partial charge in [0.25, 0.3) is 0 Å². The van der Waals surface area contributed by atoms with Crippen molar-refractivity contribution < 1.29 is 13.6 Å². The zero-order valence-electron chi connectivity index (χ0n) is 10.7. The number of benzene rings is 2. The molecule has 3 N–H and O–H groups in total. The second kappa shape index (κ2) is 6.25. The van der Waals surface area contributed by atoms with E-state index in [4.69, 9.17) is 5.73 Å². The smallest absolute Gasteiger partial charge is 0.228 e. The van der Waals surface area contributed by atoms with Gasteiger partial charge in [0.15, 0.2) is 11.6 Å². The highest BCUT2D eigenvalue weighted by Gasteiger charge is 2.09. The van der Waals surface area contributed by atoms with Crippen LogP contribution in [0.25, 0.3) is 0 Å². The molecule has 5 heteroatoms. The number of amides is 1. The Morgan fingerprint density at radius 3 is 2.55 bits per heavy atom. The van der Waals surface area contributed by atoms with Gasteiger partial charge in [0.05, 0.1) is 6.42 Å². The minimum Gasteiger partial charge on any atom is -0.326 e. The normalized spacial score (nSPS) is 10.3. The molecule has 0 unspecified atom stereocenters. The van der Waals surface area contributed by atoms with Gasteiger partial charge >= 0.3 is 0 Å². The second-order valence-corrected chi connectivity index (χ2v) is 4.33. The van der Waals surface area contributed by atoms with E-state index in [1.165, 1.54) is 6.07 Å². The molecule has 20 heavy (non-hydrogen) atoms. The number of carbonyl (C=O) groups is 1. The quantitative estimate of drug-likeness (QED) is 0.902. The number of rotatable bonds is 4. The summed E-state index contributed by atoms with van der Waals surface area (Å²) >= 11 is 0. The average Bonchev–Trinajstić information content (AvgIpc) is 2.43. The maximum absolute atomic E-state index is 13.1. The van der Waals surface area contributed by atoms with Gasteiger partial charge in [0, 0.05) is 12.2 Å². The number of hydrogen-bond donors (Lipinski definition) is 2. The van der Waals surface area contributed by atoms with Gasteiger partial charge in [-0.2, -0.15) is 0 Å². The van der Waals surface area contributed by atoms with Crippen molar-refractivity contribution in [2.45, 2.75) is 13.0 Å². The van der Waals surface area contributed by atoms with E-state index in [-0.39, 0.29) is 12.3 Å². The molecule has 2 aromatic rings. The highest BCUT2D eigenvalue weighted by molar-refractivity contribution is 5.92. The van der Waals surface area contributed by atoms with Crippen LogP contribution in [0, 0.1) is 11.6 Å². The molecule has 0 aliphatic heterocycles. The third-order valence-electron chi connectivity index (χ3n) is 2.86. The summed E-state index contributed by atoms with van der Waals surface area (Å²) in [5, 5.41) is 2.71. The zero-order valence-corrected chi connectivity index (χ0v) is 10.7. The highest BCUT2D eigenvalue weighted by Crippen LogP contribution is 2.15. The molecular weight excluding hydrogens is 262 g/mol. The number of carbonyl (C=O) groups excluding carboxylic acids is 1. The lowest BCUT2D eigenvalue weighted by Gasteiger charge is -2.09. The monoisotopic (exact) mass is 276 g/mol. The first-order chi connectivity index (χ1) is 9.60. The van der Waals surface area contributed by atoms with Crippen LogP contribution in [0.5, 0.6) is 0 Å². The van der Waals surface area contributed by atoms with Crippen LogP contribution in [0.1, 0.15) is 11.1 Å². The molecule has 0 saturated carbocycles. The lowest BCUT2D eigenvalue weighted by molar-refractivity contribution is -0.115. The number of halogens is 2. The van der Waals surface area contributed by atoms with Crippen molar-refractivity contribution in [2.24, 2.45) is 5.73 Å². The second-order valence-electron chi connectivity index (χ2n) is 4.33. The van der Waals surface area contributed by atoms with Crippen molar-refractivity contribution in [2.75, 3.05) is 5.32 Å². The van der Waals surface area contributed by atoms with Gasteiger partial charge in [-0.3, -0.25) is 4.79 Å². The maximum atomic E-state index is 13.1. The third kappa shape index (κ3) is 3.39. The molecule has 0 bridgehead atoms. The molecule has 0 fully saturated rings. The van der Waals surface area contributed by atoms with Gasteiger partial charge in [0.2, 0.25) is 5.91 Å². The SMILES string of the molecule is NCc1ccccc1NC(=O)Cc1ccc(F)c(F)c1. The number of nitrogens with two attached hydrogens (primary N) is 1. The predicted molar refractivity (Wildman–Crippen MR) is 73.0 cm³/mol. The van der Waals surface area contributed by atoms with Crippen LogP contribution in [0.2, 0.25) is 0 Å². The van der Waals surface area contributed by atoms with Crippen molar-refractivity contribution in [3.05, 3.63) is 65.2 Å². The van der Waals surface area contributed by atoms with Crippen LogP contribution in [0.4, 0.5) is 14.5 Å². The summed E-state index contributed by atoms with van der Waals surface area (Å²) in [5.41, 5.74) is 7.42. The summed E-state index contributed by atoms with van der Waals surface area (Å²) in [6.45, 7) is 0.307. The van der Waals surface area contributed by atoms with E-state index in [1.807, 2.05) is 12.1 Å². The van der Waals surface area contributed by atoms with Crippen LogP contribution in [-0.4, -0.2) is 5.91 Å². The van der Waals surface area contributed by atoms with Crippen LogP contribution in [-0.2, 0) is 17.8 Å². The topological polar surface area (TPSA) is 55.1 Å². The van der Waals surface area contributed by atoms with Crippen LogP contribution >= 0.6 is 0 Å². The van der Waals surface area contributed by atoms with E-state index >= 15 is 0 Å². The van der Waals surface area contributed by atoms with Crippen molar-refractivity contribution in [3.63, 3.8) is 0 Å². The van der Waals surface area contributed by atoms with Crippen molar-refractivity contribution in [1.29, 1.82) is 0 Å².